The summed E-state index contributed by atoms with van der Waals surface area (Å²) < 4.78 is 7.09. The lowest BCUT2D eigenvalue weighted by atomic mass is 10.0. The highest BCUT2D eigenvalue weighted by molar-refractivity contribution is 7.22. The Morgan fingerprint density at radius 1 is 1.17 bits per heavy atom. The van der Waals surface area contributed by atoms with E-state index in [1.165, 1.54) is 5.56 Å². The Hall–Kier alpha value is -2.07. The number of hydrogen-bond donors (Lipinski definition) is 1. The SMILES string of the molecule is CCCOc1cc2sc(Nc3ccccc3)nc2cc1C(C)C. The number of aromatic nitrogens is 1. The van der Waals surface area contributed by atoms with Gasteiger partial charge in [0.1, 0.15) is 5.75 Å². The number of nitrogens with one attached hydrogen (secondary N) is 1. The molecule has 2 aromatic carbocycles. The summed E-state index contributed by atoms with van der Waals surface area (Å²) in [7, 11) is 0. The van der Waals surface area contributed by atoms with Gasteiger partial charge in [-0.25, -0.2) is 4.98 Å². The highest BCUT2D eigenvalue weighted by Crippen LogP contribution is 2.36. The van der Waals surface area contributed by atoms with Gasteiger partial charge >= 0.3 is 0 Å². The Bertz CT molecular complexity index is 781. The van der Waals surface area contributed by atoms with Crippen molar-refractivity contribution in [3.8, 4) is 5.75 Å². The third-order valence-electron chi connectivity index (χ3n) is 3.63. The monoisotopic (exact) mass is 326 g/mol. The summed E-state index contributed by atoms with van der Waals surface area (Å²) in [6.07, 6.45) is 1.01. The zero-order chi connectivity index (χ0) is 16.2. The number of para-hydroxylation sites is 1. The lowest BCUT2D eigenvalue weighted by molar-refractivity contribution is 0.313. The van der Waals surface area contributed by atoms with Gasteiger partial charge in [-0.15, -0.1) is 0 Å². The standard InChI is InChI=1S/C19H22N2OS/c1-4-10-22-17-12-18-16(11-15(17)13(2)3)21-19(23-18)20-14-8-6-5-7-9-14/h5-9,11-13H,4,10H2,1-3H3,(H,20,21). The van der Waals surface area contributed by atoms with Crippen molar-refractivity contribution in [1.82, 2.24) is 4.98 Å². The van der Waals surface area contributed by atoms with Gasteiger partial charge < -0.3 is 10.1 Å². The van der Waals surface area contributed by atoms with E-state index in [9.17, 15) is 0 Å². The lowest BCUT2D eigenvalue weighted by Gasteiger charge is -2.13. The molecule has 0 unspecified atom stereocenters. The second-order valence-electron chi connectivity index (χ2n) is 5.87. The first kappa shape index (κ1) is 15.8. The Morgan fingerprint density at radius 3 is 2.65 bits per heavy atom. The molecule has 1 N–H and O–H groups in total. The molecule has 1 aromatic heterocycles. The number of benzene rings is 2. The molecule has 0 bridgehead atoms. The largest absolute Gasteiger partial charge is 0.493 e. The minimum atomic E-state index is 0.415. The third-order valence-corrected chi connectivity index (χ3v) is 4.56. The van der Waals surface area contributed by atoms with E-state index in [0.717, 1.165) is 39.8 Å². The van der Waals surface area contributed by atoms with Gasteiger partial charge in [-0.05, 0) is 42.2 Å². The van der Waals surface area contributed by atoms with Crippen LogP contribution in [0.5, 0.6) is 5.75 Å². The fourth-order valence-corrected chi connectivity index (χ4v) is 3.35. The zero-order valence-corrected chi connectivity index (χ0v) is 14.6. The van der Waals surface area contributed by atoms with Crippen LogP contribution in [0.2, 0.25) is 0 Å². The maximum absolute atomic E-state index is 5.94. The molecule has 0 saturated carbocycles. The van der Waals surface area contributed by atoms with Crippen LogP contribution in [-0.2, 0) is 0 Å². The van der Waals surface area contributed by atoms with Crippen LogP contribution in [0.3, 0.4) is 0 Å². The van der Waals surface area contributed by atoms with E-state index in [0.29, 0.717) is 5.92 Å². The third kappa shape index (κ3) is 3.64. The van der Waals surface area contributed by atoms with Crippen LogP contribution in [0, 0.1) is 0 Å². The summed E-state index contributed by atoms with van der Waals surface area (Å²) >= 11 is 1.66. The normalized spacial score (nSPS) is 11.1. The van der Waals surface area contributed by atoms with Crippen LogP contribution in [0.1, 0.15) is 38.7 Å². The maximum atomic E-state index is 5.94. The first-order valence-electron chi connectivity index (χ1n) is 8.06. The molecule has 120 valence electrons. The first-order valence-corrected chi connectivity index (χ1v) is 8.88. The second kappa shape index (κ2) is 7.01. The molecule has 0 saturated heterocycles. The van der Waals surface area contributed by atoms with Gasteiger partial charge in [-0.1, -0.05) is 50.3 Å². The fourth-order valence-electron chi connectivity index (χ4n) is 2.46. The number of thiazole rings is 1. The Morgan fingerprint density at radius 2 is 1.96 bits per heavy atom. The Kier molecular flexibility index (Phi) is 4.82. The van der Waals surface area contributed by atoms with Crippen LogP contribution < -0.4 is 10.1 Å². The number of rotatable bonds is 6. The molecule has 3 aromatic rings. The van der Waals surface area contributed by atoms with Gasteiger partial charge in [0.25, 0.3) is 0 Å². The summed E-state index contributed by atoms with van der Waals surface area (Å²) in [5.74, 6) is 1.41. The van der Waals surface area contributed by atoms with E-state index in [1.807, 2.05) is 30.3 Å². The van der Waals surface area contributed by atoms with Gasteiger partial charge in [-0.3, -0.25) is 0 Å². The predicted molar refractivity (Wildman–Crippen MR) is 99.2 cm³/mol. The van der Waals surface area contributed by atoms with Crippen LogP contribution in [0.4, 0.5) is 10.8 Å². The van der Waals surface area contributed by atoms with Crippen LogP contribution in [0.15, 0.2) is 42.5 Å². The van der Waals surface area contributed by atoms with Crippen molar-refractivity contribution in [1.29, 1.82) is 0 Å². The molecule has 0 aliphatic rings. The van der Waals surface area contributed by atoms with E-state index in [-0.39, 0.29) is 0 Å². The fraction of sp³-hybridized carbons (Fsp3) is 0.316. The van der Waals surface area contributed by atoms with Gasteiger partial charge in [0, 0.05) is 5.69 Å². The average Bonchev–Trinajstić information content (AvgIpc) is 2.93. The maximum Gasteiger partial charge on any atom is 0.188 e. The first-order chi connectivity index (χ1) is 11.2. The topological polar surface area (TPSA) is 34.1 Å². The van der Waals surface area contributed by atoms with Gasteiger partial charge in [0.05, 0.1) is 16.8 Å². The number of fused-ring (bicyclic) bond motifs is 1. The highest BCUT2D eigenvalue weighted by Gasteiger charge is 2.13. The predicted octanol–water partition coefficient (Wildman–Crippen LogP) is 5.95. The molecule has 0 aliphatic carbocycles. The van der Waals surface area contributed by atoms with Crippen molar-refractivity contribution in [2.45, 2.75) is 33.1 Å². The van der Waals surface area contributed by atoms with E-state index < -0.39 is 0 Å². The summed E-state index contributed by atoms with van der Waals surface area (Å²) in [5, 5.41) is 4.28. The molecule has 0 spiro atoms. The quantitative estimate of drug-likeness (QED) is 0.607. The molecule has 0 aliphatic heterocycles. The minimum absolute atomic E-state index is 0.415. The van der Waals surface area contributed by atoms with Crippen LogP contribution in [0.25, 0.3) is 10.2 Å². The number of anilines is 2. The molecular formula is C19H22N2OS. The van der Waals surface area contributed by atoms with E-state index >= 15 is 0 Å². The Balaban J connectivity index is 1.95. The number of nitrogens with zero attached hydrogens (tertiary/aromatic N) is 1. The van der Waals surface area contributed by atoms with Crippen molar-refractivity contribution >= 4 is 32.4 Å². The van der Waals surface area contributed by atoms with Crippen molar-refractivity contribution in [3.63, 3.8) is 0 Å². The average molecular weight is 326 g/mol. The van der Waals surface area contributed by atoms with Crippen molar-refractivity contribution < 1.29 is 4.74 Å². The smallest absolute Gasteiger partial charge is 0.188 e. The molecule has 4 heteroatoms. The minimum Gasteiger partial charge on any atom is -0.493 e. The molecule has 3 rings (SSSR count). The summed E-state index contributed by atoms with van der Waals surface area (Å²) in [6.45, 7) is 7.26. The van der Waals surface area contributed by atoms with E-state index in [2.05, 4.69) is 38.2 Å². The lowest BCUT2D eigenvalue weighted by Crippen LogP contribution is -2.00. The second-order valence-corrected chi connectivity index (χ2v) is 6.90. The number of hydrogen-bond acceptors (Lipinski definition) is 4. The van der Waals surface area contributed by atoms with Crippen molar-refractivity contribution in [2.75, 3.05) is 11.9 Å². The van der Waals surface area contributed by atoms with Gasteiger partial charge in [-0.2, -0.15) is 0 Å². The van der Waals surface area contributed by atoms with Crippen molar-refractivity contribution in [2.24, 2.45) is 0 Å². The van der Waals surface area contributed by atoms with Gasteiger partial charge in [0.15, 0.2) is 5.13 Å². The number of ether oxygens (including phenoxy) is 1. The molecular weight excluding hydrogens is 304 g/mol. The molecule has 1 heterocycles. The van der Waals surface area contributed by atoms with Gasteiger partial charge in [0.2, 0.25) is 0 Å². The Labute approximate surface area is 141 Å². The summed E-state index contributed by atoms with van der Waals surface area (Å²) in [4.78, 5) is 4.72. The molecule has 3 nitrogen and oxygen atoms in total. The summed E-state index contributed by atoms with van der Waals surface area (Å²) in [5.41, 5.74) is 3.31. The molecule has 0 atom stereocenters. The van der Waals surface area contributed by atoms with Crippen molar-refractivity contribution in [3.05, 3.63) is 48.0 Å². The summed E-state index contributed by atoms with van der Waals surface area (Å²) in [6, 6.07) is 14.4. The van der Waals surface area contributed by atoms with E-state index in [4.69, 9.17) is 9.72 Å². The molecule has 0 amide bonds. The van der Waals surface area contributed by atoms with Crippen LogP contribution >= 0.6 is 11.3 Å². The molecule has 0 radical (unpaired) electrons. The zero-order valence-electron chi connectivity index (χ0n) is 13.8. The highest BCUT2D eigenvalue weighted by atomic mass is 32.1. The molecule has 23 heavy (non-hydrogen) atoms. The molecule has 0 fully saturated rings. The van der Waals surface area contributed by atoms with Crippen LogP contribution in [-0.4, -0.2) is 11.6 Å². The van der Waals surface area contributed by atoms with E-state index in [1.54, 1.807) is 11.3 Å².